The van der Waals surface area contributed by atoms with Gasteiger partial charge in [0.05, 0.1) is 15.8 Å². The molecule has 126 valence electrons. The fourth-order valence-corrected chi connectivity index (χ4v) is 3.92. The van der Waals surface area contributed by atoms with Crippen molar-refractivity contribution in [3.05, 3.63) is 59.6 Å². The molecule has 25 heavy (non-hydrogen) atoms. The van der Waals surface area contributed by atoms with Gasteiger partial charge in [-0.05, 0) is 36.9 Å². The first-order valence-electron chi connectivity index (χ1n) is 7.72. The van der Waals surface area contributed by atoms with Gasteiger partial charge in [0.15, 0.2) is 5.16 Å². The maximum Gasteiger partial charge on any atom is 0.257 e. The molecule has 1 unspecified atom stereocenters. The van der Waals surface area contributed by atoms with Crippen LogP contribution in [0.15, 0.2) is 57.7 Å². The van der Waals surface area contributed by atoms with Crippen LogP contribution in [0.2, 0.25) is 0 Å². The van der Waals surface area contributed by atoms with Gasteiger partial charge in [0.2, 0.25) is 5.89 Å². The van der Waals surface area contributed by atoms with Gasteiger partial charge in [-0.2, -0.15) is 0 Å². The van der Waals surface area contributed by atoms with Crippen molar-refractivity contribution in [2.75, 3.05) is 0 Å². The highest BCUT2D eigenvalue weighted by atomic mass is 32.2. The first-order chi connectivity index (χ1) is 12.2. The van der Waals surface area contributed by atoms with E-state index in [0.29, 0.717) is 11.8 Å². The van der Waals surface area contributed by atoms with Crippen molar-refractivity contribution in [1.82, 2.24) is 25.0 Å². The van der Waals surface area contributed by atoms with E-state index in [1.165, 1.54) is 0 Å². The lowest BCUT2D eigenvalue weighted by atomic mass is 10.2. The Morgan fingerprint density at radius 3 is 2.80 bits per heavy atom. The second kappa shape index (κ2) is 6.81. The van der Waals surface area contributed by atoms with E-state index in [1.807, 2.05) is 41.1 Å². The summed E-state index contributed by atoms with van der Waals surface area (Å²) in [4.78, 5) is 0.971. The van der Waals surface area contributed by atoms with Gasteiger partial charge in [-0.1, -0.05) is 36.0 Å². The molecule has 1 aromatic carbocycles. The van der Waals surface area contributed by atoms with Crippen molar-refractivity contribution in [1.29, 1.82) is 0 Å². The van der Waals surface area contributed by atoms with Crippen molar-refractivity contribution in [3.8, 4) is 16.5 Å². The largest absolute Gasteiger partial charge is 0.419 e. The van der Waals surface area contributed by atoms with E-state index in [1.54, 1.807) is 29.4 Å². The van der Waals surface area contributed by atoms with Crippen molar-refractivity contribution in [2.45, 2.75) is 24.3 Å². The zero-order valence-corrected chi connectivity index (χ0v) is 15.3. The molecule has 0 N–H and O–H groups in total. The summed E-state index contributed by atoms with van der Waals surface area (Å²) in [5, 5.41) is 19.4. The SMILES string of the molecule is Cc1ccccc1-n1cnnc1SC(C)c1nnc(-c2cccs2)o1. The lowest BCUT2D eigenvalue weighted by Gasteiger charge is -2.10. The second-order valence-corrected chi connectivity index (χ2v) is 7.71. The average molecular weight is 369 g/mol. The lowest BCUT2D eigenvalue weighted by Crippen LogP contribution is -1.99. The van der Waals surface area contributed by atoms with Crippen LogP contribution in [0.25, 0.3) is 16.5 Å². The summed E-state index contributed by atoms with van der Waals surface area (Å²) in [6.45, 7) is 4.09. The summed E-state index contributed by atoms with van der Waals surface area (Å²) >= 11 is 3.12. The first kappa shape index (κ1) is 16.0. The number of thioether (sulfide) groups is 1. The Morgan fingerprint density at radius 2 is 2.00 bits per heavy atom. The molecular formula is C17H15N5OS2. The maximum absolute atomic E-state index is 5.82. The molecule has 1 atom stereocenters. The lowest BCUT2D eigenvalue weighted by molar-refractivity contribution is 0.510. The van der Waals surface area contributed by atoms with Crippen LogP contribution in [0.4, 0.5) is 0 Å². The van der Waals surface area contributed by atoms with Crippen LogP contribution in [0.3, 0.4) is 0 Å². The molecule has 0 fully saturated rings. The summed E-state index contributed by atoms with van der Waals surface area (Å²) in [7, 11) is 0. The Morgan fingerprint density at radius 1 is 1.12 bits per heavy atom. The predicted octanol–water partition coefficient (Wildman–Crippen LogP) is 4.54. The summed E-state index contributed by atoms with van der Waals surface area (Å²) in [6, 6.07) is 12.1. The van der Waals surface area contributed by atoms with E-state index in [9.17, 15) is 0 Å². The van der Waals surface area contributed by atoms with Gasteiger partial charge in [-0.25, -0.2) is 0 Å². The molecule has 6 nitrogen and oxygen atoms in total. The zero-order valence-electron chi connectivity index (χ0n) is 13.7. The molecule has 4 rings (SSSR count). The number of hydrogen-bond donors (Lipinski definition) is 0. The van der Waals surface area contributed by atoms with Crippen molar-refractivity contribution in [3.63, 3.8) is 0 Å². The number of aryl methyl sites for hydroxylation is 1. The third-order valence-corrected chi connectivity index (χ3v) is 5.60. The molecule has 0 bridgehead atoms. The van der Waals surface area contributed by atoms with Gasteiger partial charge < -0.3 is 4.42 Å². The topological polar surface area (TPSA) is 69.6 Å². The highest BCUT2D eigenvalue weighted by Gasteiger charge is 2.20. The molecule has 0 saturated heterocycles. The van der Waals surface area contributed by atoms with Crippen LogP contribution in [0.5, 0.6) is 0 Å². The highest BCUT2D eigenvalue weighted by Crippen LogP contribution is 2.35. The van der Waals surface area contributed by atoms with E-state index >= 15 is 0 Å². The van der Waals surface area contributed by atoms with E-state index in [-0.39, 0.29) is 5.25 Å². The maximum atomic E-state index is 5.82. The summed E-state index contributed by atoms with van der Waals surface area (Å²) in [5.74, 6) is 1.13. The minimum absolute atomic E-state index is 0.0341. The number of benzene rings is 1. The Hall–Kier alpha value is -2.45. The van der Waals surface area contributed by atoms with Crippen LogP contribution < -0.4 is 0 Å². The van der Waals surface area contributed by atoms with Gasteiger partial charge >= 0.3 is 0 Å². The Bertz CT molecular complexity index is 977. The van der Waals surface area contributed by atoms with Crippen LogP contribution >= 0.6 is 23.1 Å². The monoisotopic (exact) mass is 369 g/mol. The minimum Gasteiger partial charge on any atom is -0.419 e. The summed E-state index contributed by atoms with van der Waals surface area (Å²) < 4.78 is 7.80. The molecule has 3 heterocycles. The Kier molecular flexibility index (Phi) is 4.37. The molecule has 8 heteroatoms. The quantitative estimate of drug-likeness (QED) is 0.481. The fraction of sp³-hybridized carbons (Fsp3) is 0.176. The van der Waals surface area contributed by atoms with E-state index in [0.717, 1.165) is 21.3 Å². The second-order valence-electron chi connectivity index (χ2n) is 5.45. The summed E-state index contributed by atoms with van der Waals surface area (Å²) in [6.07, 6.45) is 1.72. The fourth-order valence-electron chi connectivity index (χ4n) is 2.41. The smallest absolute Gasteiger partial charge is 0.257 e. The van der Waals surface area contributed by atoms with Crippen molar-refractivity contribution >= 4 is 23.1 Å². The van der Waals surface area contributed by atoms with Gasteiger partial charge in [0.1, 0.15) is 6.33 Å². The van der Waals surface area contributed by atoms with Crippen LogP contribution in [-0.4, -0.2) is 25.0 Å². The van der Waals surface area contributed by atoms with Gasteiger partial charge in [0.25, 0.3) is 5.89 Å². The number of hydrogen-bond acceptors (Lipinski definition) is 7. The Labute approximate surface area is 152 Å². The molecule has 0 spiro atoms. The molecule has 0 radical (unpaired) electrons. The molecule has 0 saturated carbocycles. The predicted molar refractivity (Wildman–Crippen MR) is 98.0 cm³/mol. The average Bonchev–Trinajstić information content (AvgIpc) is 3.36. The van der Waals surface area contributed by atoms with Gasteiger partial charge in [-0.15, -0.1) is 31.7 Å². The highest BCUT2D eigenvalue weighted by molar-refractivity contribution is 7.99. The van der Waals surface area contributed by atoms with Crippen LogP contribution in [0, 0.1) is 6.92 Å². The number of thiophene rings is 1. The molecule has 0 aliphatic carbocycles. The number of aromatic nitrogens is 5. The van der Waals surface area contributed by atoms with Crippen LogP contribution in [0.1, 0.15) is 23.6 Å². The minimum atomic E-state index is -0.0341. The molecule has 0 amide bonds. The number of nitrogens with zero attached hydrogens (tertiary/aromatic N) is 5. The van der Waals surface area contributed by atoms with E-state index < -0.39 is 0 Å². The summed E-state index contributed by atoms with van der Waals surface area (Å²) in [5.41, 5.74) is 2.22. The number of rotatable bonds is 5. The van der Waals surface area contributed by atoms with E-state index in [2.05, 4.69) is 39.5 Å². The standard InChI is InChI=1S/C17H15N5OS2/c1-11-6-3-4-7-13(11)22-10-18-21-17(22)25-12(2)15-19-20-16(23-15)14-8-5-9-24-14/h3-10,12H,1-2H3. The molecule has 3 aromatic heterocycles. The van der Waals surface area contributed by atoms with E-state index in [4.69, 9.17) is 4.42 Å². The van der Waals surface area contributed by atoms with Gasteiger partial charge in [-0.3, -0.25) is 4.57 Å². The molecule has 0 aliphatic rings. The van der Waals surface area contributed by atoms with Crippen molar-refractivity contribution < 1.29 is 4.42 Å². The first-order valence-corrected chi connectivity index (χ1v) is 9.48. The van der Waals surface area contributed by atoms with Gasteiger partial charge in [0, 0.05) is 0 Å². The van der Waals surface area contributed by atoms with Crippen molar-refractivity contribution in [2.24, 2.45) is 0 Å². The van der Waals surface area contributed by atoms with Crippen LogP contribution in [-0.2, 0) is 0 Å². The third kappa shape index (κ3) is 3.22. The third-order valence-electron chi connectivity index (χ3n) is 3.69. The zero-order chi connectivity index (χ0) is 17.2. The molecular weight excluding hydrogens is 354 g/mol. The normalized spacial score (nSPS) is 12.4. The Balaban J connectivity index is 1.57. The molecule has 0 aliphatic heterocycles. The number of para-hydroxylation sites is 1. The molecule has 4 aromatic rings.